The van der Waals surface area contributed by atoms with Gasteiger partial charge in [-0.3, -0.25) is 0 Å². The van der Waals surface area contributed by atoms with Crippen molar-refractivity contribution in [3.63, 3.8) is 0 Å². The average molecular weight is 327 g/mol. The van der Waals surface area contributed by atoms with Gasteiger partial charge in [0, 0.05) is 16.5 Å². The Morgan fingerprint density at radius 3 is 2.11 bits per heavy atom. The van der Waals surface area contributed by atoms with Crippen molar-refractivity contribution in [1.82, 2.24) is 0 Å². The molecule has 0 fully saturated rings. The molecule has 0 radical (unpaired) electrons. The summed E-state index contributed by atoms with van der Waals surface area (Å²) in [7, 11) is 0. The number of aliphatic hydroxyl groups excluding tert-OH is 1. The van der Waals surface area contributed by atoms with Crippen LogP contribution in [0.25, 0.3) is 0 Å². The Balaban J connectivity index is 2.21. The molecule has 0 amide bonds. The Labute approximate surface area is 119 Å². The smallest absolute Gasteiger partial charge is 0.126 e. The Hall–Kier alpha value is -1.26. The molecule has 1 atom stereocenters. The van der Waals surface area contributed by atoms with Crippen LogP contribution in [0.15, 0.2) is 46.9 Å². The van der Waals surface area contributed by atoms with E-state index < -0.39 is 11.6 Å². The van der Waals surface area contributed by atoms with Crippen molar-refractivity contribution in [3.8, 4) is 0 Å². The normalized spacial score (nSPS) is 12.4. The van der Waals surface area contributed by atoms with E-state index in [2.05, 4.69) is 15.9 Å². The van der Waals surface area contributed by atoms with E-state index >= 15 is 0 Å². The van der Waals surface area contributed by atoms with Crippen LogP contribution in [0.3, 0.4) is 0 Å². The standard InChI is InChI=1S/C15H13BrF2O/c16-13-3-1-11(2-4-13)12(9-19)5-10-6-14(17)8-15(18)7-10/h1-4,6-8,12,19H,5,9H2. The van der Waals surface area contributed by atoms with Gasteiger partial charge in [-0.2, -0.15) is 0 Å². The molecule has 0 spiro atoms. The molecule has 100 valence electrons. The lowest BCUT2D eigenvalue weighted by molar-refractivity contribution is 0.264. The first-order valence-electron chi connectivity index (χ1n) is 5.90. The highest BCUT2D eigenvalue weighted by Gasteiger charge is 2.12. The van der Waals surface area contributed by atoms with Crippen LogP contribution in [0, 0.1) is 11.6 Å². The van der Waals surface area contributed by atoms with Crippen molar-refractivity contribution < 1.29 is 13.9 Å². The molecule has 2 aromatic rings. The zero-order chi connectivity index (χ0) is 13.8. The average Bonchev–Trinajstić information content (AvgIpc) is 2.36. The van der Waals surface area contributed by atoms with Crippen LogP contribution in [-0.2, 0) is 6.42 Å². The monoisotopic (exact) mass is 326 g/mol. The second-order valence-corrected chi connectivity index (χ2v) is 5.33. The van der Waals surface area contributed by atoms with Crippen LogP contribution < -0.4 is 0 Å². The molecule has 0 saturated carbocycles. The van der Waals surface area contributed by atoms with Gasteiger partial charge >= 0.3 is 0 Å². The molecule has 1 N–H and O–H groups in total. The molecule has 0 aromatic heterocycles. The van der Waals surface area contributed by atoms with Crippen LogP contribution in [0.5, 0.6) is 0 Å². The molecule has 0 heterocycles. The minimum Gasteiger partial charge on any atom is -0.396 e. The quantitative estimate of drug-likeness (QED) is 0.898. The lowest BCUT2D eigenvalue weighted by Gasteiger charge is -2.15. The van der Waals surface area contributed by atoms with Crippen LogP contribution >= 0.6 is 15.9 Å². The largest absolute Gasteiger partial charge is 0.396 e. The predicted molar refractivity (Wildman–Crippen MR) is 74.0 cm³/mol. The molecule has 0 aliphatic carbocycles. The van der Waals surface area contributed by atoms with Crippen LogP contribution in [0.1, 0.15) is 17.0 Å². The third kappa shape index (κ3) is 3.85. The lowest BCUT2D eigenvalue weighted by atomic mass is 9.93. The molecule has 0 aliphatic heterocycles. The van der Waals surface area contributed by atoms with Gasteiger partial charge < -0.3 is 5.11 Å². The fourth-order valence-corrected chi connectivity index (χ4v) is 2.30. The van der Waals surface area contributed by atoms with Crippen molar-refractivity contribution in [3.05, 3.63) is 69.7 Å². The Morgan fingerprint density at radius 1 is 1.00 bits per heavy atom. The zero-order valence-electron chi connectivity index (χ0n) is 10.1. The minimum absolute atomic E-state index is 0.0697. The van der Waals surface area contributed by atoms with Crippen LogP contribution in [-0.4, -0.2) is 11.7 Å². The fourth-order valence-electron chi connectivity index (χ4n) is 2.04. The summed E-state index contributed by atoms with van der Waals surface area (Å²) in [6.07, 6.45) is 0.396. The van der Waals surface area contributed by atoms with E-state index in [9.17, 15) is 13.9 Å². The van der Waals surface area contributed by atoms with Gasteiger partial charge in [0.1, 0.15) is 11.6 Å². The molecule has 2 aromatic carbocycles. The van der Waals surface area contributed by atoms with Gasteiger partial charge in [-0.25, -0.2) is 8.78 Å². The van der Waals surface area contributed by atoms with Gasteiger partial charge in [0.25, 0.3) is 0 Å². The Kier molecular flexibility index (Phi) is 4.66. The van der Waals surface area contributed by atoms with Crippen molar-refractivity contribution >= 4 is 15.9 Å². The fraction of sp³-hybridized carbons (Fsp3) is 0.200. The summed E-state index contributed by atoms with van der Waals surface area (Å²) in [5, 5.41) is 9.45. The number of rotatable bonds is 4. The topological polar surface area (TPSA) is 20.2 Å². The summed E-state index contributed by atoms with van der Waals surface area (Å²) in [6, 6.07) is 11.0. The van der Waals surface area contributed by atoms with E-state index in [4.69, 9.17) is 0 Å². The molecular weight excluding hydrogens is 314 g/mol. The molecule has 0 saturated heterocycles. The predicted octanol–water partition coefficient (Wildman–Crippen LogP) is 4.05. The maximum atomic E-state index is 13.1. The lowest BCUT2D eigenvalue weighted by Crippen LogP contribution is -2.08. The van der Waals surface area contributed by atoms with E-state index in [1.165, 1.54) is 12.1 Å². The van der Waals surface area contributed by atoms with Crippen molar-refractivity contribution in [2.24, 2.45) is 0 Å². The van der Waals surface area contributed by atoms with Crippen LogP contribution in [0.2, 0.25) is 0 Å². The first-order chi connectivity index (χ1) is 9.08. The molecule has 4 heteroatoms. The van der Waals surface area contributed by atoms with E-state index in [1.807, 2.05) is 24.3 Å². The highest BCUT2D eigenvalue weighted by Crippen LogP contribution is 2.23. The second kappa shape index (κ2) is 6.26. The van der Waals surface area contributed by atoms with Gasteiger partial charge in [-0.05, 0) is 41.8 Å². The highest BCUT2D eigenvalue weighted by atomic mass is 79.9. The Bertz CT molecular complexity index is 534. The number of aliphatic hydroxyl groups is 1. The van der Waals surface area contributed by atoms with Crippen molar-refractivity contribution in [2.75, 3.05) is 6.61 Å². The van der Waals surface area contributed by atoms with Gasteiger partial charge in [-0.15, -0.1) is 0 Å². The number of hydrogen-bond donors (Lipinski definition) is 1. The number of benzene rings is 2. The molecule has 0 aliphatic rings. The van der Waals surface area contributed by atoms with Crippen LogP contribution in [0.4, 0.5) is 8.78 Å². The molecule has 0 bridgehead atoms. The third-order valence-corrected chi connectivity index (χ3v) is 3.49. The summed E-state index contributed by atoms with van der Waals surface area (Å²) in [5.74, 6) is -1.36. The van der Waals surface area contributed by atoms with E-state index in [0.29, 0.717) is 12.0 Å². The van der Waals surface area contributed by atoms with Gasteiger partial charge in [-0.1, -0.05) is 28.1 Å². The maximum Gasteiger partial charge on any atom is 0.126 e. The molecule has 2 rings (SSSR count). The van der Waals surface area contributed by atoms with E-state index in [-0.39, 0.29) is 12.5 Å². The van der Waals surface area contributed by atoms with Gasteiger partial charge in [0.2, 0.25) is 0 Å². The SMILES string of the molecule is OCC(Cc1cc(F)cc(F)c1)c1ccc(Br)cc1. The number of hydrogen-bond acceptors (Lipinski definition) is 1. The molecular formula is C15H13BrF2O. The summed E-state index contributed by atoms with van der Waals surface area (Å²) in [5.41, 5.74) is 1.48. The van der Waals surface area contributed by atoms with Crippen molar-refractivity contribution in [1.29, 1.82) is 0 Å². The zero-order valence-corrected chi connectivity index (χ0v) is 11.7. The summed E-state index contributed by atoms with van der Waals surface area (Å²) in [4.78, 5) is 0. The second-order valence-electron chi connectivity index (χ2n) is 4.41. The maximum absolute atomic E-state index is 13.1. The number of halogens is 3. The highest BCUT2D eigenvalue weighted by molar-refractivity contribution is 9.10. The Morgan fingerprint density at radius 2 is 1.58 bits per heavy atom. The van der Waals surface area contributed by atoms with E-state index in [0.717, 1.165) is 16.1 Å². The third-order valence-electron chi connectivity index (χ3n) is 2.97. The van der Waals surface area contributed by atoms with Crippen molar-refractivity contribution in [2.45, 2.75) is 12.3 Å². The summed E-state index contributed by atoms with van der Waals surface area (Å²) >= 11 is 3.34. The first kappa shape index (κ1) is 14.2. The van der Waals surface area contributed by atoms with E-state index in [1.54, 1.807) is 0 Å². The minimum atomic E-state index is -0.595. The molecule has 19 heavy (non-hydrogen) atoms. The summed E-state index contributed by atoms with van der Waals surface area (Å²) < 4.78 is 27.2. The summed E-state index contributed by atoms with van der Waals surface area (Å²) in [6.45, 7) is -0.0697. The van der Waals surface area contributed by atoms with Gasteiger partial charge in [0.05, 0.1) is 6.61 Å². The van der Waals surface area contributed by atoms with Gasteiger partial charge in [0.15, 0.2) is 0 Å². The molecule has 1 nitrogen and oxygen atoms in total. The molecule has 1 unspecified atom stereocenters. The first-order valence-corrected chi connectivity index (χ1v) is 6.69.